The van der Waals surface area contributed by atoms with Crippen molar-refractivity contribution >= 4 is 40.1 Å². The zero-order valence-electron chi connectivity index (χ0n) is 11.9. The lowest BCUT2D eigenvalue weighted by atomic mass is 10.1. The van der Waals surface area contributed by atoms with Crippen LogP contribution in [0.4, 0.5) is 10.9 Å². The van der Waals surface area contributed by atoms with E-state index in [-0.39, 0.29) is 5.88 Å². The minimum Gasteiger partial charge on any atom is -0.492 e. The van der Waals surface area contributed by atoms with Gasteiger partial charge in [-0.15, -0.1) is 0 Å². The largest absolute Gasteiger partial charge is 0.492 e. The lowest BCUT2D eigenvalue weighted by molar-refractivity contribution is 0.456. The molecule has 0 aromatic carbocycles. The lowest BCUT2D eigenvalue weighted by Crippen LogP contribution is -1.96. The van der Waals surface area contributed by atoms with E-state index in [1.54, 1.807) is 18.7 Å². The van der Waals surface area contributed by atoms with Gasteiger partial charge in [0.1, 0.15) is 5.76 Å². The normalized spacial score (nSPS) is 14.3. The van der Waals surface area contributed by atoms with E-state index in [1.807, 2.05) is 30.3 Å². The molecule has 1 aliphatic rings. The SMILES string of the molecule is Oc1nc(NCc2ccco2)sc1/C=C1\C=Nc2ncccc21. The van der Waals surface area contributed by atoms with Crippen molar-refractivity contribution < 1.29 is 9.52 Å². The zero-order valence-corrected chi connectivity index (χ0v) is 12.7. The number of aromatic hydroxyl groups is 1. The number of aliphatic imine (C=N–C) groups is 1. The van der Waals surface area contributed by atoms with Gasteiger partial charge in [-0.05, 0) is 30.3 Å². The number of allylic oxidation sites excluding steroid dienone is 1. The highest BCUT2D eigenvalue weighted by atomic mass is 32.1. The Hall–Kier alpha value is -2.93. The highest BCUT2D eigenvalue weighted by molar-refractivity contribution is 7.16. The summed E-state index contributed by atoms with van der Waals surface area (Å²) in [6.45, 7) is 0.518. The number of pyridine rings is 1. The number of hydrogen-bond donors (Lipinski definition) is 2. The molecule has 0 atom stereocenters. The van der Waals surface area contributed by atoms with Gasteiger partial charge < -0.3 is 14.8 Å². The van der Waals surface area contributed by atoms with E-state index >= 15 is 0 Å². The molecule has 1 aliphatic heterocycles. The molecule has 6 nitrogen and oxygen atoms in total. The summed E-state index contributed by atoms with van der Waals surface area (Å²) in [5.74, 6) is 1.50. The van der Waals surface area contributed by atoms with Crippen molar-refractivity contribution in [3.05, 3.63) is 52.9 Å². The molecule has 0 saturated heterocycles. The van der Waals surface area contributed by atoms with Crippen LogP contribution >= 0.6 is 11.3 Å². The third-order valence-electron chi connectivity index (χ3n) is 3.34. The number of thiazole rings is 1. The quantitative estimate of drug-likeness (QED) is 0.764. The lowest BCUT2D eigenvalue weighted by Gasteiger charge is -1.97. The Bertz CT molecular complexity index is 897. The highest BCUT2D eigenvalue weighted by Gasteiger charge is 2.15. The van der Waals surface area contributed by atoms with Crippen LogP contribution in [-0.2, 0) is 6.54 Å². The van der Waals surface area contributed by atoms with Gasteiger partial charge in [0.15, 0.2) is 10.9 Å². The average Bonchev–Trinajstić information content (AvgIpc) is 3.28. The van der Waals surface area contributed by atoms with E-state index in [0.29, 0.717) is 22.4 Å². The van der Waals surface area contributed by atoms with Crippen molar-refractivity contribution in [1.29, 1.82) is 0 Å². The Morgan fingerprint density at radius 3 is 3.13 bits per heavy atom. The maximum Gasteiger partial charge on any atom is 0.231 e. The molecular formula is C16H12N4O2S. The number of furan rings is 1. The minimum atomic E-state index is -0.00446. The summed E-state index contributed by atoms with van der Waals surface area (Å²) >= 11 is 1.37. The summed E-state index contributed by atoms with van der Waals surface area (Å²) < 4.78 is 5.25. The first-order chi connectivity index (χ1) is 11.3. The standard InChI is InChI=1S/C16H12N4O2S/c21-15-13(7-10-8-18-14-12(10)4-1-5-17-14)23-16(20-15)19-9-11-3-2-6-22-11/h1-8,21H,9H2,(H,19,20)/b10-7+. The van der Waals surface area contributed by atoms with E-state index in [1.165, 1.54) is 11.3 Å². The molecule has 7 heteroatoms. The van der Waals surface area contributed by atoms with E-state index in [9.17, 15) is 5.11 Å². The number of rotatable bonds is 4. The smallest absolute Gasteiger partial charge is 0.231 e. The van der Waals surface area contributed by atoms with Crippen molar-refractivity contribution in [3.63, 3.8) is 0 Å². The Balaban J connectivity index is 1.56. The van der Waals surface area contributed by atoms with Crippen LogP contribution in [0, 0.1) is 0 Å². The van der Waals surface area contributed by atoms with Crippen LogP contribution in [0.15, 0.2) is 46.1 Å². The number of hydrogen-bond acceptors (Lipinski definition) is 7. The molecular weight excluding hydrogens is 312 g/mol. The van der Waals surface area contributed by atoms with Crippen LogP contribution in [0.1, 0.15) is 16.2 Å². The van der Waals surface area contributed by atoms with E-state index in [2.05, 4.69) is 20.3 Å². The number of nitrogens with one attached hydrogen (secondary N) is 1. The Labute approximate surface area is 135 Å². The molecule has 114 valence electrons. The Kier molecular flexibility index (Phi) is 3.39. The molecule has 4 rings (SSSR count). The third kappa shape index (κ3) is 2.74. The molecule has 3 aromatic heterocycles. The highest BCUT2D eigenvalue weighted by Crippen LogP contribution is 2.35. The molecule has 0 unspecified atom stereocenters. The topological polar surface area (TPSA) is 83.5 Å². The van der Waals surface area contributed by atoms with Gasteiger partial charge in [0, 0.05) is 23.5 Å². The van der Waals surface area contributed by atoms with Crippen LogP contribution < -0.4 is 5.32 Å². The summed E-state index contributed by atoms with van der Waals surface area (Å²) in [5.41, 5.74) is 1.86. The maximum atomic E-state index is 10.0. The molecule has 0 amide bonds. The monoisotopic (exact) mass is 324 g/mol. The first-order valence-corrected chi connectivity index (χ1v) is 7.78. The second kappa shape index (κ2) is 5.69. The van der Waals surface area contributed by atoms with E-state index < -0.39 is 0 Å². The molecule has 0 bridgehead atoms. The fourth-order valence-electron chi connectivity index (χ4n) is 2.25. The molecule has 0 radical (unpaired) electrons. The molecule has 4 heterocycles. The van der Waals surface area contributed by atoms with Crippen molar-refractivity contribution in [2.75, 3.05) is 5.32 Å². The van der Waals surface area contributed by atoms with Crippen LogP contribution in [0.5, 0.6) is 5.88 Å². The zero-order chi connectivity index (χ0) is 15.6. The van der Waals surface area contributed by atoms with Gasteiger partial charge in [0.2, 0.25) is 5.88 Å². The fraction of sp³-hybridized carbons (Fsp3) is 0.0625. The average molecular weight is 324 g/mol. The van der Waals surface area contributed by atoms with Crippen LogP contribution in [0.25, 0.3) is 11.6 Å². The summed E-state index contributed by atoms with van der Waals surface area (Å²) in [6, 6.07) is 7.53. The van der Waals surface area contributed by atoms with E-state index in [0.717, 1.165) is 16.9 Å². The molecule has 0 saturated carbocycles. The van der Waals surface area contributed by atoms with Gasteiger partial charge in [-0.1, -0.05) is 11.3 Å². The fourth-order valence-corrected chi connectivity index (χ4v) is 3.06. The second-order valence-corrected chi connectivity index (χ2v) is 5.90. The third-order valence-corrected chi connectivity index (χ3v) is 4.29. The van der Waals surface area contributed by atoms with Gasteiger partial charge in [0.25, 0.3) is 0 Å². The van der Waals surface area contributed by atoms with Crippen molar-refractivity contribution in [1.82, 2.24) is 9.97 Å². The number of anilines is 1. The summed E-state index contributed by atoms with van der Waals surface area (Å²) in [6.07, 6.45) is 6.94. The molecule has 0 fully saturated rings. The van der Waals surface area contributed by atoms with Crippen LogP contribution in [0.3, 0.4) is 0 Å². The van der Waals surface area contributed by atoms with Gasteiger partial charge in [-0.3, -0.25) is 0 Å². The second-order valence-electron chi connectivity index (χ2n) is 4.87. The van der Waals surface area contributed by atoms with Gasteiger partial charge in [0.05, 0.1) is 17.7 Å². The number of nitrogens with zero attached hydrogens (tertiary/aromatic N) is 3. The minimum absolute atomic E-state index is 0.00446. The van der Waals surface area contributed by atoms with Crippen molar-refractivity contribution in [2.45, 2.75) is 6.54 Å². The Morgan fingerprint density at radius 2 is 2.26 bits per heavy atom. The maximum absolute atomic E-state index is 10.0. The summed E-state index contributed by atoms with van der Waals surface area (Å²) in [7, 11) is 0. The van der Waals surface area contributed by atoms with Crippen molar-refractivity contribution in [3.8, 4) is 5.88 Å². The number of fused-ring (bicyclic) bond motifs is 1. The van der Waals surface area contributed by atoms with Gasteiger partial charge >= 0.3 is 0 Å². The van der Waals surface area contributed by atoms with Gasteiger partial charge in [-0.25, -0.2) is 9.98 Å². The summed E-state index contributed by atoms with van der Waals surface area (Å²) in [4.78, 5) is 13.3. The molecule has 23 heavy (non-hydrogen) atoms. The first kappa shape index (κ1) is 13.7. The molecule has 3 aromatic rings. The van der Waals surface area contributed by atoms with Crippen LogP contribution in [-0.4, -0.2) is 21.3 Å². The predicted octanol–water partition coefficient (Wildman–Crippen LogP) is 3.71. The molecule has 2 N–H and O–H groups in total. The van der Waals surface area contributed by atoms with Crippen LogP contribution in [0.2, 0.25) is 0 Å². The molecule has 0 aliphatic carbocycles. The first-order valence-electron chi connectivity index (χ1n) is 6.97. The van der Waals surface area contributed by atoms with E-state index in [4.69, 9.17) is 4.42 Å². The molecule has 0 spiro atoms. The summed E-state index contributed by atoms with van der Waals surface area (Å²) in [5, 5.41) is 13.8. The van der Waals surface area contributed by atoms with Crippen molar-refractivity contribution in [2.24, 2.45) is 4.99 Å². The van der Waals surface area contributed by atoms with Gasteiger partial charge in [-0.2, -0.15) is 4.98 Å². The number of aromatic nitrogens is 2. The predicted molar refractivity (Wildman–Crippen MR) is 90.1 cm³/mol. The Morgan fingerprint density at radius 1 is 1.30 bits per heavy atom.